The van der Waals surface area contributed by atoms with Crippen LogP contribution < -0.4 is 16.4 Å². The normalized spacial score (nSPS) is 10.6. The lowest BCUT2D eigenvalue weighted by molar-refractivity contribution is -0.116. The van der Waals surface area contributed by atoms with E-state index in [1.54, 1.807) is 6.07 Å². The molecule has 1 amide bonds. The lowest BCUT2D eigenvalue weighted by Gasteiger charge is -2.15. The third-order valence-electron chi connectivity index (χ3n) is 3.38. The minimum atomic E-state index is -0.344. The smallest absolute Gasteiger partial charge is 0.224 e. The molecule has 5 heteroatoms. The minimum absolute atomic E-state index is 0.133. The number of para-hydroxylation sites is 1. The quantitative estimate of drug-likeness (QED) is 0.710. The van der Waals surface area contributed by atoms with Crippen LogP contribution in [0.4, 0.5) is 21.5 Å². The molecule has 2 aromatic carbocycles. The van der Waals surface area contributed by atoms with Crippen molar-refractivity contribution < 1.29 is 9.18 Å². The van der Waals surface area contributed by atoms with Gasteiger partial charge in [-0.2, -0.15) is 0 Å². The number of carbonyl (C=O) groups excluding carboxylic acids is 1. The second-order valence-electron chi connectivity index (χ2n) is 5.74. The fraction of sp³-hybridized carbons (Fsp3) is 0.278. The Kier molecular flexibility index (Phi) is 5.57. The first-order valence-electron chi connectivity index (χ1n) is 7.65. The first-order valence-corrected chi connectivity index (χ1v) is 7.65. The molecule has 0 spiro atoms. The zero-order valence-corrected chi connectivity index (χ0v) is 13.4. The number of hydrogen-bond donors (Lipinski definition) is 3. The molecule has 0 aromatic heterocycles. The Labute approximate surface area is 135 Å². The molecule has 23 heavy (non-hydrogen) atoms. The van der Waals surface area contributed by atoms with Crippen molar-refractivity contribution in [2.24, 2.45) is 0 Å². The average Bonchev–Trinajstić information content (AvgIpc) is 2.49. The number of nitrogens with one attached hydrogen (secondary N) is 2. The molecule has 0 fully saturated rings. The molecule has 0 saturated heterocycles. The first-order chi connectivity index (χ1) is 11.0. The van der Waals surface area contributed by atoms with Gasteiger partial charge in [0, 0.05) is 18.2 Å². The van der Waals surface area contributed by atoms with Crippen LogP contribution in [-0.4, -0.2) is 11.9 Å². The number of carbonyl (C=O) groups is 1. The van der Waals surface area contributed by atoms with Crippen molar-refractivity contribution in [1.29, 1.82) is 0 Å². The molecular formula is C18H22FN3O. The topological polar surface area (TPSA) is 67.1 Å². The van der Waals surface area contributed by atoms with Crippen LogP contribution in [0.5, 0.6) is 0 Å². The van der Waals surface area contributed by atoms with E-state index >= 15 is 0 Å². The van der Waals surface area contributed by atoms with Crippen LogP contribution in [0.2, 0.25) is 0 Å². The van der Waals surface area contributed by atoms with E-state index in [0.29, 0.717) is 29.9 Å². The van der Waals surface area contributed by atoms with E-state index in [0.717, 1.165) is 5.56 Å². The fourth-order valence-electron chi connectivity index (χ4n) is 2.28. The van der Waals surface area contributed by atoms with Crippen molar-refractivity contribution in [2.45, 2.75) is 32.7 Å². The third-order valence-corrected chi connectivity index (χ3v) is 3.38. The maximum absolute atomic E-state index is 13.4. The Morgan fingerprint density at radius 2 is 1.91 bits per heavy atom. The van der Waals surface area contributed by atoms with Gasteiger partial charge in [-0.15, -0.1) is 0 Å². The molecule has 2 rings (SSSR count). The molecule has 0 radical (unpaired) electrons. The maximum atomic E-state index is 13.4. The van der Waals surface area contributed by atoms with E-state index < -0.39 is 0 Å². The van der Waals surface area contributed by atoms with Crippen LogP contribution in [0.25, 0.3) is 0 Å². The van der Waals surface area contributed by atoms with Crippen LogP contribution in [0.15, 0.2) is 42.5 Å². The van der Waals surface area contributed by atoms with Crippen molar-refractivity contribution in [1.82, 2.24) is 0 Å². The summed E-state index contributed by atoms with van der Waals surface area (Å²) in [4.78, 5) is 12.1. The molecule has 4 nitrogen and oxygen atoms in total. The molecule has 0 aliphatic carbocycles. The average molecular weight is 315 g/mol. The van der Waals surface area contributed by atoms with Crippen molar-refractivity contribution in [3.05, 3.63) is 53.8 Å². The molecule has 0 bridgehead atoms. The van der Waals surface area contributed by atoms with Crippen LogP contribution in [0, 0.1) is 5.82 Å². The number of amides is 1. The summed E-state index contributed by atoms with van der Waals surface area (Å²) in [5.74, 6) is -0.477. The number of rotatable bonds is 6. The summed E-state index contributed by atoms with van der Waals surface area (Å²) in [6.07, 6.45) is 0.874. The van der Waals surface area contributed by atoms with Gasteiger partial charge < -0.3 is 16.4 Å². The molecule has 122 valence electrons. The summed E-state index contributed by atoms with van der Waals surface area (Å²) >= 11 is 0. The van der Waals surface area contributed by atoms with Crippen LogP contribution in [-0.2, 0) is 11.2 Å². The van der Waals surface area contributed by atoms with Gasteiger partial charge in [-0.1, -0.05) is 18.2 Å². The van der Waals surface area contributed by atoms with Gasteiger partial charge in [0.2, 0.25) is 5.91 Å². The SMILES string of the molecule is CC(C)Nc1cc(F)ccc1NC(=O)CCc1ccccc1N. The Morgan fingerprint density at radius 1 is 1.17 bits per heavy atom. The van der Waals surface area contributed by atoms with Gasteiger partial charge in [-0.05, 0) is 50.1 Å². The van der Waals surface area contributed by atoms with E-state index in [4.69, 9.17) is 5.73 Å². The summed E-state index contributed by atoms with van der Waals surface area (Å²) in [5.41, 5.74) is 8.65. The highest BCUT2D eigenvalue weighted by molar-refractivity contribution is 5.94. The van der Waals surface area contributed by atoms with E-state index in [9.17, 15) is 9.18 Å². The van der Waals surface area contributed by atoms with Gasteiger partial charge in [-0.25, -0.2) is 4.39 Å². The number of anilines is 3. The number of benzene rings is 2. The number of nitrogens with two attached hydrogens (primary N) is 1. The Balaban J connectivity index is 2.01. The molecule has 0 unspecified atom stereocenters. The molecule has 0 atom stereocenters. The predicted octanol–water partition coefficient (Wildman–Crippen LogP) is 3.80. The molecular weight excluding hydrogens is 293 g/mol. The Hall–Kier alpha value is -2.56. The predicted molar refractivity (Wildman–Crippen MR) is 93.0 cm³/mol. The van der Waals surface area contributed by atoms with Crippen LogP contribution in [0.3, 0.4) is 0 Å². The highest BCUT2D eigenvalue weighted by Gasteiger charge is 2.10. The van der Waals surface area contributed by atoms with Crippen molar-refractivity contribution in [3.8, 4) is 0 Å². The van der Waals surface area contributed by atoms with E-state index in [1.165, 1.54) is 12.1 Å². The first kappa shape index (κ1) is 16.8. The number of halogens is 1. The van der Waals surface area contributed by atoms with E-state index in [2.05, 4.69) is 10.6 Å². The lowest BCUT2D eigenvalue weighted by atomic mass is 10.1. The summed E-state index contributed by atoms with van der Waals surface area (Å²) in [5, 5.41) is 5.95. The second-order valence-corrected chi connectivity index (χ2v) is 5.74. The Morgan fingerprint density at radius 3 is 2.61 bits per heavy atom. The van der Waals surface area contributed by atoms with Crippen molar-refractivity contribution in [2.75, 3.05) is 16.4 Å². The van der Waals surface area contributed by atoms with Crippen LogP contribution in [0.1, 0.15) is 25.8 Å². The van der Waals surface area contributed by atoms with Gasteiger partial charge in [-0.3, -0.25) is 4.79 Å². The van der Waals surface area contributed by atoms with E-state index in [1.807, 2.05) is 38.1 Å². The third kappa shape index (κ3) is 4.98. The Bertz CT molecular complexity index is 686. The van der Waals surface area contributed by atoms with Gasteiger partial charge in [0.1, 0.15) is 5.82 Å². The molecule has 0 aliphatic rings. The number of nitrogen functional groups attached to an aromatic ring is 1. The zero-order valence-electron chi connectivity index (χ0n) is 13.4. The van der Waals surface area contributed by atoms with Crippen molar-refractivity contribution in [3.63, 3.8) is 0 Å². The summed E-state index contributed by atoms with van der Waals surface area (Å²) in [6, 6.07) is 11.9. The maximum Gasteiger partial charge on any atom is 0.224 e. The highest BCUT2D eigenvalue weighted by atomic mass is 19.1. The molecule has 0 heterocycles. The number of aryl methyl sites for hydroxylation is 1. The largest absolute Gasteiger partial charge is 0.399 e. The van der Waals surface area contributed by atoms with Gasteiger partial charge >= 0.3 is 0 Å². The monoisotopic (exact) mass is 315 g/mol. The van der Waals surface area contributed by atoms with Crippen molar-refractivity contribution >= 4 is 23.0 Å². The fourth-order valence-corrected chi connectivity index (χ4v) is 2.28. The molecule has 0 saturated carbocycles. The summed E-state index contributed by atoms with van der Waals surface area (Å²) in [7, 11) is 0. The number of hydrogen-bond acceptors (Lipinski definition) is 3. The van der Waals surface area contributed by atoms with Gasteiger partial charge in [0.05, 0.1) is 11.4 Å². The van der Waals surface area contributed by atoms with Gasteiger partial charge in [0.15, 0.2) is 0 Å². The summed E-state index contributed by atoms with van der Waals surface area (Å²) < 4.78 is 13.4. The van der Waals surface area contributed by atoms with E-state index in [-0.39, 0.29) is 17.8 Å². The standard InChI is InChI=1S/C18H22FN3O/c1-12(2)21-17-11-14(19)8-9-16(17)22-18(23)10-7-13-5-3-4-6-15(13)20/h3-6,8-9,11-12,21H,7,10,20H2,1-2H3,(H,22,23). The second kappa shape index (κ2) is 7.63. The lowest BCUT2D eigenvalue weighted by Crippen LogP contribution is -2.16. The van der Waals surface area contributed by atoms with Crippen LogP contribution >= 0.6 is 0 Å². The minimum Gasteiger partial charge on any atom is -0.399 e. The molecule has 0 aliphatic heterocycles. The highest BCUT2D eigenvalue weighted by Crippen LogP contribution is 2.24. The summed E-state index contributed by atoms with van der Waals surface area (Å²) in [6.45, 7) is 3.91. The molecule has 2 aromatic rings. The van der Waals surface area contributed by atoms with Gasteiger partial charge in [0.25, 0.3) is 0 Å². The zero-order chi connectivity index (χ0) is 16.8. The molecule has 4 N–H and O–H groups in total.